The molecule has 0 aliphatic heterocycles. The number of aromatic carboxylic acids is 1. The van der Waals surface area contributed by atoms with Gasteiger partial charge in [0.05, 0.1) is 12.1 Å². The van der Waals surface area contributed by atoms with E-state index >= 15 is 0 Å². The van der Waals surface area contributed by atoms with Crippen LogP contribution < -0.4 is 10.3 Å². The van der Waals surface area contributed by atoms with E-state index < -0.39 is 11.5 Å². The molecule has 0 saturated heterocycles. The van der Waals surface area contributed by atoms with E-state index in [1.54, 1.807) is 18.2 Å². The first-order valence-corrected chi connectivity index (χ1v) is 5.70. The van der Waals surface area contributed by atoms with E-state index in [1.165, 1.54) is 19.4 Å². The number of nitrogens with one attached hydrogen (secondary N) is 1. The molecule has 0 saturated carbocycles. The number of carboxylic acids is 1. The molecular formula is C13H10ClNO4. The number of aromatic amines is 1. The van der Waals surface area contributed by atoms with Gasteiger partial charge in [-0.3, -0.25) is 4.79 Å². The summed E-state index contributed by atoms with van der Waals surface area (Å²) < 4.78 is 5.03. The van der Waals surface area contributed by atoms with Crippen molar-refractivity contribution >= 4 is 17.6 Å². The third kappa shape index (κ3) is 2.61. The number of halogens is 1. The molecule has 2 aromatic rings. The van der Waals surface area contributed by atoms with Crippen LogP contribution in [0.3, 0.4) is 0 Å². The van der Waals surface area contributed by atoms with Crippen molar-refractivity contribution < 1.29 is 14.6 Å². The van der Waals surface area contributed by atoms with E-state index in [9.17, 15) is 9.59 Å². The smallest absolute Gasteiger partial charge is 0.341 e. The maximum absolute atomic E-state index is 11.3. The zero-order valence-corrected chi connectivity index (χ0v) is 10.7. The maximum atomic E-state index is 11.3. The van der Waals surface area contributed by atoms with Crippen molar-refractivity contribution in [2.75, 3.05) is 7.11 Å². The van der Waals surface area contributed by atoms with Gasteiger partial charge in [0.15, 0.2) is 0 Å². The van der Waals surface area contributed by atoms with Gasteiger partial charge in [0, 0.05) is 6.20 Å². The lowest BCUT2D eigenvalue weighted by atomic mass is 10.1. The Balaban J connectivity index is 2.53. The van der Waals surface area contributed by atoms with Gasteiger partial charge in [0.25, 0.3) is 5.56 Å². The molecule has 2 N–H and O–H groups in total. The van der Waals surface area contributed by atoms with Gasteiger partial charge in [0.2, 0.25) is 0 Å². The molecule has 1 aromatic carbocycles. The average Bonchev–Trinajstić information content (AvgIpc) is 2.38. The van der Waals surface area contributed by atoms with Gasteiger partial charge in [0.1, 0.15) is 11.3 Å². The second-order valence-electron chi connectivity index (χ2n) is 3.79. The van der Waals surface area contributed by atoms with Crippen LogP contribution in [0.2, 0.25) is 5.02 Å². The predicted molar refractivity (Wildman–Crippen MR) is 71.0 cm³/mol. The van der Waals surface area contributed by atoms with Crippen LogP contribution in [0.4, 0.5) is 0 Å². The summed E-state index contributed by atoms with van der Waals surface area (Å²) in [5, 5.41) is 9.31. The Morgan fingerprint density at radius 2 is 2.05 bits per heavy atom. The lowest BCUT2D eigenvalue weighted by Crippen LogP contribution is -2.16. The number of pyridine rings is 1. The summed E-state index contributed by atoms with van der Waals surface area (Å²) in [6.45, 7) is 0. The van der Waals surface area contributed by atoms with Crippen LogP contribution in [0.1, 0.15) is 10.4 Å². The van der Waals surface area contributed by atoms with Crippen LogP contribution in [-0.4, -0.2) is 23.2 Å². The molecule has 1 heterocycles. The lowest BCUT2D eigenvalue weighted by molar-refractivity contribution is 0.0695. The number of hydrogen-bond acceptors (Lipinski definition) is 3. The Hall–Kier alpha value is -2.27. The van der Waals surface area contributed by atoms with Crippen molar-refractivity contribution in [3.8, 4) is 16.9 Å². The van der Waals surface area contributed by atoms with Crippen molar-refractivity contribution in [1.82, 2.24) is 4.98 Å². The topological polar surface area (TPSA) is 79.4 Å². The highest BCUT2D eigenvalue weighted by Crippen LogP contribution is 2.29. The molecular weight excluding hydrogens is 270 g/mol. The van der Waals surface area contributed by atoms with Gasteiger partial charge in [-0.25, -0.2) is 4.79 Å². The number of methoxy groups -OCH3 is 1. The minimum absolute atomic E-state index is 0.315. The normalized spacial score (nSPS) is 10.2. The number of benzene rings is 1. The van der Waals surface area contributed by atoms with Crippen molar-refractivity contribution in [2.45, 2.75) is 0 Å². The second kappa shape index (κ2) is 5.16. The Bertz CT molecular complexity index is 693. The summed E-state index contributed by atoms with van der Waals surface area (Å²) in [5.41, 5.74) is 0.284. The molecule has 0 atom stereocenters. The largest absolute Gasteiger partial charge is 0.495 e. The van der Waals surface area contributed by atoms with Crippen molar-refractivity contribution in [3.05, 3.63) is 51.4 Å². The monoisotopic (exact) mass is 279 g/mol. The first-order valence-electron chi connectivity index (χ1n) is 5.33. The zero-order valence-electron chi connectivity index (χ0n) is 9.94. The fourth-order valence-electron chi connectivity index (χ4n) is 1.66. The van der Waals surface area contributed by atoms with E-state index in [-0.39, 0.29) is 5.56 Å². The van der Waals surface area contributed by atoms with Crippen molar-refractivity contribution in [2.24, 2.45) is 0 Å². The zero-order chi connectivity index (χ0) is 14.0. The Kier molecular flexibility index (Phi) is 3.57. The highest BCUT2D eigenvalue weighted by molar-refractivity contribution is 6.32. The van der Waals surface area contributed by atoms with Gasteiger partial charge >= 0.3 is 5.97 Å². The Morgan fingerprint density at radius 1 is 1.32 bits per heavy atom. The van der Waals surface area contributed by atoms with Gasteiger partial charge < -0.3 is 14.8 Å². The number of aromatic nitrogens is 1. The fourth-order valence-corrected chi connectivity index (χ4v) is 1.91. The number of carbonyl (C=O) groups is 1. The van der Waals surface area contributed by atoms with Crippen LogP contribution >= 0.6 is 11.6 Å². The van der Waals surface area contributed by atoms with Gasteiger partial charge in [-0.2, -0.15) is 0 Å². The molecule has 19 heavy (non-hydrogen) atoms. The molecule has 0 fully saturated rings. The molecule has 0 aliphatic carbocycles. The third-order valence-electron chi connectivity index (χ3n) is 2.62. The number of hydrogen-bond donors (Lipinski definition) is 2. The molecule has 1 aromatic heterocycles. The van der Waals surface area contributed by atoms with E-state index in [4.69, 9.17) is 21.4 Å². The van der Waals surface area contributed by atoms with Crippen LogP contribution in [-0.2, 0) is 0 Å². The summed E-state index contributed by atoms with van der Waals surface area (Å²) in [6.07, 6.45) is 1.44. The van der Waals surface area contributed by atoms with Crippen LogP contribution in [0.15, 0.2) is 35.3 Å². The van der Waals surface area contributed by atoms with Gasteiger partial charge in [-0.05, 0) is 29.3 Å². The molecule has 0 amide bonds. The first kappa shape index (κ1) is 13.2. The quantitative estimate of drug-likeness (QED) is 0.904. The number of carboxylic acid groups (broad SMARTS) is 1. The molecule has 98 valence electrons. The Labute approximate surface area is 113 Å². The summed E-state index contributed by atoms with van der Waals surface area (Å²) in [5.74, 6) is -0.754. The van der Waals surface area contributed by atoms with Gasteiger partial charge in [-0.1, -0.05) is 17.7 Å². The average molecular weight is 280 g/mol. The molecule has 6 heteroatoms. The third-order valence-corrected chi connectivity index (χ3v) is 2.91. The molecule has 0 radical (unpaired) electrons. The van der Waals surface area contributed by atoms with Crippen LogP contribution in [0.25, 0.3) is 11.1 Å². The van der Waals surface area contributed by atoms with E-state index in [0.717, 1.165) is 0 Å². The molecule has 0 spiro atoms. The minimum atomic E-state index is -1.28. The molecule has 0 aliphatic rings. The second-order valence-corrected chi connectivity index (χ2v) is 4.19. The van der Waals surface area contributed by atoms with E-state index in [2.05, 4.69) is 4.98 Å². The lowest BCUT2D eigenvalue weighted by Gasteiger charge is -2.06. The fraction of sp³-hybridized carbons (Fsp3) is 0.0769. The molecule has 2 rings (SSSR count). The highest BCUT2D eigenvalue weighted by atomic mass is 35.5. The Morgan fingerprint density at radius 3 is 2.63 bits per heavy atom. The minimum Gasteiger partial charge on any atom is -0.495 e. The summed E-state index contributed by atoms with van der Waals surface area (Å²) in [4.78, 5) is 24.6. The van der Waals surface area contributed by atoms with Crippen LogP contribution in [0.5, 0.6) is 5.75 Å². The number of rotatable bonds is 3. The molecule has 5 nitrogen and oxygen atoms in total. The number of ether oxygens (including phenoxy) is 1. The van der Waals surface area contributed by atoms with Gasteiger partial charge in [-0.15, -0.1) is 0 Å². The summed E-state index contributed by atoms with van der Waals surface area (Å²) in [7, 11) is 1.50. The maximum Gasteiger partial charge on any atom is 0.341 e. The SMILES string of the molecule is COc1ccc(-c2c[nH]c(=O)c(C(=O)O)c2)cc1Cl. The first-order chi connectivity index (χ1) is 9.02. The molecule has 0 bridgehead atoms. The predicted octanol–water partition coefficient (Wildman–Crippen LogP) is 2.40. The van der Waals surface area contributed by atoms with Crippen molar-refractivity contribution in [1.29, 1.82) is 0 Å². The molecule has 0 unspecified atom stereocenters. The number of H-pyrrole nitrogens is 1. The van der Waals surface area contributed by atoms with E-state index in [0.29, 0.717) is 21.9 Å². The standard InChI is InChI=1S/C13H10ClNO4/c1-19-11-3-2-7(5-10(11)14)8-4-9(13(17)18)12(16)15-6-8/h2-6H,1H3,(H,15,16)(H,17,18). The summed E-state index contributed by atoms with van der Waals surface area (Å²) in [6, 6.07) is 6.34. The summed E-state index contributed by atoms with van der Waals surface area (Å²) >= 11 is 6.00. The van der Waals surface area contributed by atoms with Crippen LogP contribution in [0, 0.1) is 0 Å². The van der Waals surface area contributed by atoms with Crippen molar-refractivity contribution in [3.63, 3.8) is 0 Å². The highest BCUT2D eigenvalue weighted by Gasteiger charge is 2.11. The van der Waals surface area contributed by atoms with E-state index in [1.807, 2.05) is 0 Å².